The Morgan fingerprint density at radius 3 is 2.11 bits per heavy atom. The fourth-order valence-electron chi connectivity index (χ4n) is 3.40. The lowest BCUT2D eigenvalue weighted by molar-refractivity contribution is -0.135. The molecule has 4 heteroatoms. The average molecular weight is 265 g/mol. The molecule has 106 valence electrons. The number of hydrogen-bond acceptors (Lipinski definition) is 2. The zero-order valence-corrected chi connectivity index (χ0v) is 11.8. The summed E-state index contributed by atoms with van der Waals surface area (Å²) < 4.78 is 0. The van der Waals surface area contributed by atoms with Crippen molar-refractivity contribution in [2.75, 3.05) is 13.1 Å². The Morgan fingerprint density at radius 2 is 1.58 bits per heavy atom. The Labute approximate surface area is 114 Å². The number of amides is 1. The van der Waals surface area contributed by atoms with Crippen LogP contribution in [-0.4, -0.2) is 35.0 Å². The normalized spacial score (nSPS) is 28.4. The summed E-state index contributed by atoms with van der Waals surface area (Å²) in [6, 6.07) is 0. The lowest BCUT2D eigenvalue weighted by Gasteiger charge is -2.36. The topological polar surface area (TPSA) is 57.6 Å². The third-order valence-corrected chi connectivity index (χ3v) is 4.14. The second-order valence-electron chi connectivity index (χ2n) is 6.13. The maximum Gasteiger partial charge on any atom is 0.332 e. The Kier molecular flexibility index (Phi) is 4.27. The molecule has 4 nitrogen and oxygen atoms in total. The van der Waals surface area contributed by atoms with Crippen molar-refractivity contribution in [3.05, 3.63) is 11.1 Å². The van der Waals surface area contributed by atoms with E-state index >= 15 is 0 Å². The van der Waals surface area contributed by atoms with Gasteiger partial charge in [0.2, 0.25) is 5.91 Å². The Hall–Kier alpha value is -1.32. The molecule has 0 saturated carbocycles. The minimum atomic E-state index is -0.916. The number of rotatable bonds is 2. The predicted octanol–water partition coefficient (Wildman–Crippen LogP) is 2.45. The number of carbonyl (C=O) groups is 2. The summed E-state index contributed by atoms with van der Waals surface area (Å²) >= 11 is 0. The molecule has 0 aromatic carbocycles. The SMILES string of the molecule is CC1CC(C)CN(C(=O)C2=C(C(=O)O)CCCC2)C1. The summed E-state index contributed by atoms with van der Waals surface area (Å²) in [5.74, 6) is 0.0620. The fourth-order valence-corrected chi connectivity index (χ4v) is 3.40. The van der Waals surface area contributed by atoms with Gasteiger partial charge in [0, 0.05) is 24.2 Å². The molecule has 1 fully saturated rings. The smallest absolute Gasteiger partial charge is 0.332 e. The average Bonchev–Trinajstić information content (AvgIpc) is 2.36. The van der Waals surface area contributed by atoms with E-state index in [4.69, 9.17) is 0 Å². The zero-order chi connectivity index (χ0) is 14.0. The van der Waals surface area contributed by atoms with Gasteiger partial charge in [-0.15, -0.1) is 0 Å². The van der Waals surface area contributed by atoms with Crippen LogP contribution in [0.3, 0.4) is 0 Å². The van der Waals surface area contributed by atoms with Gasteiger partial charge in [-0.25, -0.2) is 4.79 Å². The second-order valence-corrected chi connectivity index (χ2v) is 6.13. The van der Waals surface area contributed by atoms with E-state index in [-0.39, 0.29) is 5.91 Å². The second kappa shape index (κ2) is 5.76. The molecule has 19 heavy (non-hydrogen) atoms. The van der Waals surface area contributed by atoms with Crippen molar-refractivity contribution >= 4 is 11.9 Å². The van der Waals surface area contributed by atoms with Gasteiger partial charge in [-0.1, -0.05) is 13.8 Å². The molecule has 1 N–H and O–H groups in total. The van der Waals surface area contributed by atoms with Crippen LogP contribution in [0.25, 0.3) is 0 Å². The summed E-state index contributed by atoms with van der Waals surface area (Å²) in [4.78, 5) is 25.7. The highest BCUT2D eigenvalue weighted by Gasteiger charge is 2.30. The molecule has 1 heterocycles. The summed E-state index contributed by atoms with van der Waals surface area (Å²) in [6.45, 7) is 5.84. The van der Waals surface area contributed by atoms with Crippen molar-refractivity contribution in [3.63, 3.8) is 0 Å². The van der Waals surface area contributed by atoms with E-state index in [0.29, 0.717) is 35.8 Å². The van der Waals surface area contributed by atoms with E-state index in [1.54, 1.807) is 0 Å². The van der Waals surface area contributed by atoms with Crippen molar-refractivity contribution in [2.45, 2.75) is 46.0 Å². The number of carbonyl (C=O) groups excluding carboxylic acids is 1. The van der Waals surface area contributed by atoms with Crippen LogP contribution in [0.2, 0.25) is 0 Å². The van der Waals surface area contributed by atoms with E-state index in [2.05, 4.69) is 13.8 Å². The first-order chi connectivity index (χ1) is 8.99. The van der Waals surface area contributed by atoms with Gasteiger partial charge >= 0.3 is 5.97 Å². The largest absolute Gasteiger partial charge is 0.478 e. The van der Waals surface area contributed by atoms with Gasteiger partial charge in [0.15, 0.2) is 0 Å². The maximum absolute atomic E-state index is 12.6. The summed E-state index contributed by atoms with van der Waals surface area (Å²) in [6.07, 6.45) is 4.12. The van der Waals surface area contributed by atoms with Gasteiger partial charge < -0.3 is 10.0 Å². The van der Waals surface area contributed by atoms with Crippen LogP contribution in [0.15, 0.2) is 11.1 Å². The Balaban J connectivity index is 2.19. The number of carboxylic acid groups (broad SMARTS) is 1. The lowest BCUT2D eigenvalue weighted by Crippen LogP contribution is -2.43. The van der Waals surface area contributed by atoms with E-state index in [1.165, 1.54) is 0 Å². The highest BCUT2D eigenvalue weighted by molar-refractivity contribution is 6.02. The molecule has 1 saturated heterocycles. The van der Waals surface area contributed by atoms with Gasteiger partial charge in [-0.3, -0.25) is 4.79 Å². The van der Waals surface area contributed by atoms with Crippen molar-refractivity contribution in [1.82, 2.24) is 4.90 Å². The van der Waals surface area contributed by atoms with Crippen LogP contribution in [0.5, 0.6) is 0 Å². The predicted molar refractivity (Wildman–Crippen MR) is 72.7 cm³/mol. The van der Waals surface area contributed by atoms with Crippen LogP contribution in [0, 0.1) is 11.8 Å². The Morgan fingerprint density at radius 1 is 1.05 bits per heavy atom. The third-order valence-electron chi connectivity index (χ3n) is 4.14. The maximum atomic E-state index is 12.6. The highest BCUT2D eigenvalue weighted by atomic mass is 16.4. The molecule has 2 rings (SSSR count). The molecule has 0 aromatic rings. The number of hydrogen-bond donors (Lipinski definition) is 1. The van der Waals surface area contributed by atoms with E-state index in [0.717, 1.165) is 32.4 Å². The molecule has 1 aliphatic heterocycles. The first kappa shape index (κ1) is 14.1. The summed E-state index contributed by atoms with van der Waals surface area (Å²) in [7, 11) is 0. The zero-order valence-electron chi connectivity index (χ0n) is 11.8. The Bertz CT molecular complexity index is 404. The van der Waals surface area contributed by atoms with Crippen LogP contribution in [0.1, 0.15) is 46.0 Å². The van der Waals surface area contributed by atoms with Crippen LogP contribution in [-0.2, 0) is 9.59 Å². The van der Waals surface area contributed by atoms with Crippen LogP contribution in [0.4, 0.5) is 0 Å². The number of aliphatic carboxylic acids is 1. The molecule has 0 radical (unpaired) electrons. The van der Waals surface area contributed by atoms with E-state index < -0.39 is 5.97 Å². The van der Waals surface area contributed by atoms with Crippen molar-refractivity contribution in [1.29, 1.82) is 0 Å². The van der Waals surface area contributed by atoms with Crippen LogP contribution < -0.4 is 0 Å². The van der Waals surface area contributed by atoms with Crippen molar-refractivity contribution in [3.8, 4) is 0 Å². The van der Waals surface area contributed by atoms with Crippen molar-refractivity contribution in [2.24, 2.45) is 11.8 Å². The minimum Gasteiger partial charge on any atom is -0.478 e. The van der Waals surface area contributed by atoms with Gasteiger partial charge in [0.05, 0.1) is 0 Å². The molecule has 0 spiro atoms. The summed E-state index contributed by atoms with van der Waals surface area (Å²) in [5, 5.41) is 9.23. The van der Waals surface area contributed by atoms with Crippen LogP contribution >= 0.6 is 0 Å². The van der Waals surface area contributed by atoms with E-state index in [1.807, 2.05) is 4.90 Å². The lowest BCUT2D eigenvalue weighted by atomic mass is 9.88. The summed E-state index contributed by atoms with van der Waals surface area (Å²) in [5.41, 5.74) is 0.905. The molecule has 1 aliphatic carbocycles. The van der Waals surface area contributed by atoms with Gasteiger partial charge in [0.1, 0.15) is 0 Å². The number of nitrogens with zero attached hydrogens (tertiary/aromatic N) is 1. The third kappa shape index (κ3) is 3.17. The molecular weight excluding hydrogens is 242 g/mol. The monoisotopic (exact) mass is 265 g/mol. The molecule has 2 aliphatic rings. The first-order valence-electron chi connectivity index (χ1n) is 7.23. The van der Waals surface area contributed by atoms with Crippen molar-refractivity contribution < 1.29 is 14.7 Å². The van der Waals surface area contributed by atoms with E-state index in [9.17, 15) is 14.7 Å². The molecule has 1 amide bonds. The first-order valence-corrected chi connectivity index (χ1v) is 7.23. The number of piperidine rings is 1. The standard InChI is InChI=1S/C15H23NO3/c1-10-7-11(2)9-16(8-10)14(17)12-5-3-4-6-13(12)15(18)19/h10-11H,3-9H2,1-2H3,(H,18,19). The number of carboxylic acids is 1. The fraction of sp³-hybridized carbons (Fsp3) is 0.733. The molecule has 0 aromatic heterocycles. The molecule has 2 unspecified atom stereocenters. The van der Waals surface area contributed by atoms with Gasteiger partial charge in [-0.05, 0) is 43.9 Å². The van der Waals surface area contributed by atoms with Gasteiger partial charge in [0.25, 0.3) is 0 Å². The molecule has 2 atom stereocenters. The quantitative estimate of drug-likeness (QED) is 0.834. The number of likely N-dealkylation sites (tertiary alicyclic amines) is 1. The highest BCUT2D eigenvalue weighted by Crippen LogP contribution is 2.29. The molecule has 0 bridgehead atoms. The minimum absolute atomic E-state index is 0.0319. The van der Waals surface area contributed by atoms with Gasteiger partial charge in [-0.2, -0.15) is 0 Å². The molecular formula is C15H23NO3.